The number of fused-ring (bicyclic) bond motifs is 1. The maximum atomic E-state index is 11.7. The van der Waals surface area contributed by atoms with Crippen LogP contribution in [0.3, 0.4) is 0 Å². The first-order valence-corrected chi connectivity index (χ1v) is 4.92. The zero-order chi connectivity index (χ0) is 11.0. The minimum absolute atomic E-state index is 0.0229. The Balaban J connectivity index is 2.54. The predicted molar refractivity (Wildman–Crippen MR) is 58.9 cm³/mol. The minimum Gasteiger partial charge on any atom is -0.392 e. The van der Waals surface area contributed by atoms with Gasteiger partial charge in [0.1, 0.15) is 6.04 Å². The fraction of sp³-hybridized carbons (Fsp3) is 0.364. The Bertz CT molecular complexity index is 404. The summed E-state index contributed by atoms with van der Waals surface area (Å²) in [6.07, 6.45) is 0. The molecule has 0 saturated heterocycles. The molecule has 0 fully saturated rings. The van der Waals surface area contributed by atoms with Crippen molar-refractivity contribution in [2.75, 3.05) is 17.3 Å². The molecule has 1 aromatic rings. The standard InChI is InChI=1S/C11H14N2O2/c1-7-11(15)13(2)9-5-3-4-8(6-14)10(9)12-7/h3-5,7,12,14H,6H2,1-2H3. The Kier molecular flexibility index (Phi) is 2.36. The van der Waals surface area contributed by atoms with E-state index in [0.717, 1.165) is 16.9 Å². The van der Waals surface area contributed by atoms with E-state index in [1.807, 2.05) is 25.1 Å². The Hall–Kier alpha value is -1.55. The lowest BCUT2D eigenvalue weighted by Crippen LogP contribution is -2.43. The van der Waals surface area contributed by atoms with Crippen LogP contribution in [0, 0.1) is 0 Å². The van der Waals surface area contributed by atoms with Crippen LogP contribution in [0.15, 0.2) is 18.2 Å². The average molecular weight is 206 g/mol. The van der Waals surface area contributed by atoms with Crippen LogP contribution in [0.25, 0.3) is 0 Å². The normalized spacial score (nSPS) is 19.8. The number of hydrogen-bond donors (Lipinski definition) is 2. The minimum atomic E-state index is -0.241. The average Bonchev–Trinajstić information content (AvgIpc) is 2.25. The van der Waals surface area contributed by atoms with E-state index in [9.17, 15) is 9.90 Å². The third-order valence-corrected chi connectivity index (χ3v) is 2.72. The zero-order valence-corrected chi connectivity index (χ0v) is 8.82. The van der Waals surface area contributed by atoms with Crippen molar-refractivity contribution < 1.29 is 9.90 Å². The van der Waals surface area contributed by atoms with Crippen molar-refractivity contribution in [3.05, 3.63) is 23.8 Å². The van der Waals surface area contributed by atoms with E-state index in [4.69, 9.17) is 0 Å². The van der Waals surface area contributed by atoms with Crippen molar-refractivity contribution in [3.63, 3.8) is 0 Å². The van der Waals surface area contributed by atoms with E-state index in [-0.39, 0.29) is 18.6 Å². The monoisotopic (exact) mass is 206 g/mol. The van der Waals surface area contributed by atoms with Gasteiger partial charge in [0.25, 0.3) is 0 Å². The molecular formula is C11H14N2O2. The number of para-hydroxylation sites is 1. The Morgan fingerprint density at radius 2 is 2.27 bits per heavy atom. The zero-order valence-electron chi connectivity index (χ0n) is 8.82. The van der Waals surface area contributed by atoms with Crippen molar-refractivity contribution in [1.82, 2.24) is 0 Å². The van der Waals surface area contributed by atoms with Gasteiger partial charge in [0.15, 0.2) is 0 Å². The molecule has 2 N–H and O–H groups in total. The first-order valence-electron chi connectivity index (χ1n) is 4.92. The van der Waals surface area contributed by atoms with E-state index in [1.165, 1.54) is 0 Å². The molecule has 80 valence electrons. The molecular weight excluding hydrogens is 192 g/mol. The number of anilines is 2. The number of likely N-dealkylation sites (N-methyl/N-ethyl adjacent to an activating group) is 1. The summed E-state index contributed by atoms with van der Waals surface area (Å²) in [5, 5.41) is 12.3. The molecule has 4 nitrogen and oxygen atoms in total. The number of aliphatic hydroxyl groups excluding tert-OH is 1. The molecule has 0 aliphatic carbocycles. The highest BCUT2D eigenvalue weighted by atomic mass is 16.3. The Morgan fingerprint density at radius 3 is 2.93 bits per heavy atom. The topological polar surface area (TPSA) is 52.6 Å². The molecule has 1 aliphatic heterocycles. The van der Waals surface area contributed by atoms with Crippen LogP contribution in [0.5, 0.6) is 0 Å². The maximum Gasteiger partial charge on any atom is 0.248 e. The summed E-state index contributed by atoms with van der Waals surface area (Å²) in [7, 11) is 1.75. The number of nitrogens with one attached hydrogen (secondary N) is 1. The van der Waals surface area contributed by atoms with Gasteiger partial charge >= 0.3 is 0 Å². The highest BCUT2D eigenvalue weighted by Crippen LogP contribution is 2.33. The summed E-state index contributed by atoms with van der Waals surface area (Å²) in [6.45, 7) is 1.79. The highest BCUT2D eigenvalue weighted by Gasteiger charge is 2.27. The second-order valence-corrected chi connectivity index (χ2v) is 3.73. The van der Waals surface area contributed by atoms with E-state index < -0.39 is 0 Å². The number of amides is 1. The van der Waals surface area contributed by atoms with E-state index >= 15 is 0 Å². The molecule has 0 saturated carbocycles. The summed E-state index contributed by atoms with van der Waals surface area (Å²) in [5.74, 6) is 0.0394. The summed E-state index contributed by atoms with van der Waals surface area (Å²) in [4.78, 5) is 13.3. The third kappa shape index (κ3) is 1.47. The molecule has 15 heavy (non-hydrogen) atoms. The summed E-state index contributed by atoms with van der Waals surface area (Å²) in [5.41, 5.74) is 2.50. The SMILES string of the molecule is CC1Nc2c(CO)cccc2N(C)C1=O. The first-order chi connectivity index (χ1) is 7.15. The van der Waals surface area contributed by atoms with Crippen molar-refractivity contribution in [3.8, 4) is 0 Å². The van der Waals surface area contributed by atoms with Crippen molar-refractivity contribution >= 4 is 17.3 Å². The lowest BCUT2D eigenvalue weighted by atomic mass is 10.1. The first kappa shape index (κ1) is 9.98. The van der Waals surface area contributed by atoms with Gasteiger partial charge in [0.05, 0.1) is 18.0 Å². The van der Waals surface area contributed by atoms with Crippen molar-refractivity contribution in [2.45, 2.75) is 19.6 Å². The molecule has 0 aromatic heterocycles. The summed E-state index contributed by atoms with van der Waals surface area (Å²) < 4.78 is 0. The number of carbonyl (C=O) groups excluding carboxylic acids is 1. The van der Waals surface area contributed by atoms with Gasteiger partial charge in [-0.15, -0.1) is 0 Å². The quantitative estimate of drug-likeness (QED) is 0.719. The second-order valence-electron chi connectivity index (χ2n) is 3.73. The molecule has 1 atom stereocenters. The molecule has 1 aliphatic rings. The third-order valence-electron chi connectivity index (χ3n) is 2.72. The van der Waals surface area contributed by atoms with Gasteiger partial charge in [0, 0.05) is 12.6 Å². The van der Waals surface area contributed by atoms with E-state index in [2.05, 4.69) is 5.32 Å². The molecule has 1 heterocycles. The lowest BCUT2D eigenvalue weighted by molar-refractivity contribution is -0.118. The second kappa shape index (κ2) is 3.55. The molecule has 1 aromatic carbocycles. The molecule has 0 spiro atoms. The predicted octanol–water partition coefficient (Wildman–Crippen LogP) is 0.956. The highest BCUT2D eigenvalue weighted by molar-refractivity contribution is 6.04. The largest absolute Gasteiger partial charge is 0.392 e. The van der Waals surface area contributed by atoms with Gasteiger partial charge < -0.3 is 15.3 Å². The van der Waals surface area contributed by atoms with Crippen LogP contribution in [-0.4, -0.2) is 24.1 Å². The fourth-order valence-electron chi connectivity index (χ4n) is 1.85. The Morgan fingerprint density at radius 1 is 1.53 bits per heavy atom. The van der Waals surface area contributed by atoms with Crippen molar-refractivity contribution in [2.24, 2.45) is 0 Å². The van der Waals surface area contributed by atoms with Gasteiger partial charge in [-0.2, -0.15) is 0 Å². The molecule has 4 heteroatoms. The lowest BCUT2D eigenvalue weighted by Gasteiger charge is -2.32. The summed E-state index contributed by atoms with van der Waals surface area (Å²) in [6, 6.07) is 5.31. The maximum absolute atomic E-state index is 11.7. The van der Waals surface area contributed by atoms with Gasteiger partial charge in [-0.25, -0.2) is 0 Å². The molecule has 1 unspecified atom stereocenters. The fourth-order valence-corrected chi connectivity index (χ4v) is 1.85. The van der Waals surface area contributed by atoms with Gasteiger partial charge in [-0.1, -0.05) is 12.1 Å². The number of benzene rings is 1. The van der Waals surface area contributed by atoms with Crippen LogP contribution in [0.4, 0.5) is 11.4 Å². The number of rotatable bonds is 1. The van der Waals surface area contributed by atoms with E-state index in [1.54, 1.807) is 11.9 Å². The van der Waals surface area contributed by atoms with E-state index in [0.29, 0.717) is 0 Å². The van der Waals surface area contributed by atoms with Crippen LogP contribution < -0.4 is 10.2 Å². The molecule has 1 amide bonds. The van der Waals surface area contributed by atoms with Crippen LogP contribution in [-0.2, 0) is 11.4 Å². The van der Waals surface area contributed by atoms with Crippen LogP contribution >= 0.6 is 0 Å². The van der Waals surface area contributed by atoms with Gasteiger partial charge in [0.2, 0.25) is 5.91 Å². The summed E-state index contributed by atoms with van der Waals surface area (Å²) >= 11 is 0. The van der Waals surface area contributed by atoms with Gasteiger partial charge in [-0.3, -0.25) is 4.79 Å². The molecule has 0 radical (unpaired) electrons. The Labute approximate surface area is 88.5 Å². The number of nitrogens with zero attached hydrogens (tertiary/aromatic N) is 1. The smallest absolute Gasteiger partial charge is 0.248 e. The van der Waals surface area contributed by atoms with Gasteiger partial charge in [-0.05, 0) is 13.0 Å². The number of hydrogen-bond acceptors (Lipinski definition) is 3. The molecule has 2 rings (SSSR count). The van der Waals surface area contributed by atoms with Crippen LogP contribution in [0.2, 0.25) is 0 Å². The number of carbonyl (C=O) groups is 1. The van der Waals surface area contributed by atoms with Crippen molar-refractivity contribution in [1.29, 1.82) is 0 Å². The number of aliphatic hydroxyl groups is 1. The van der Waals surface area contributed by atoms with Crippen LogP contribution in [0.1, 0.15) is 12.5 Å². The molecule has 0 bridgehead atoms.